The average Bonchev–Trinajstić information content (AvgIpc) is 2.37. The SMILES string of the molecule is Cc1cc([N+](=O)[O-])c(Cl)c(S(=O)(=O)NC(C(=O)O)C(C)C)c1. The van der Waals surface area contributed by atoms with E-state index in [4.69, 9.17) is 16.7 Å². The zero-order chi connectivity index (χ0) is 17.2. The first-order valence-corrected chi connectivity index (χ1v) is 8.03. The third-order valence-corrected chi connectivity index (χ3v) is 4.84. The summed E-state index contributed by atoms with van der Waals surface area (Å²) >= 11 is 5.79. The molecule has 0 aliphatic rings. The van der Waals surface area contributed by atoms with Gasteiger partial charge in [-0.1, -0.05) is 25.4 Å². The molecule has 0 heterocycles. The normalized spacial score (nSPS) is 13.1. The lowest BCUT2D eigenvalue weighted by molar-refractivity contribution is -0.385. The van der Waals surface area contributed by atoms with Crippen molar-refractivity contribution in [2.24, 2.45) is 5.92 Å². The van der Waals surface area contributed by atoms with Crippen LogP contribution in [0.5, 0.6) is 0 Å². The molecule has 8 nitrogen and oxygen atoms in total. The highest BCUT2D eigenvalue weighted by Crippen LogP contribution is 2.32. The van der Waals surface area contributed by atoms with Crippen molar-refractivity contribution >= 4 is 33.3 Å². The van der Waals surface area contributed by atoms with Gasteiger partial charge < -0.3 is 5.11 Å². The van der Waals surface area contributed by atoms with E-state index in [2.05, 4.69) is 0 Å². The molecule has 1 rings (SSSR count). The summed E-state index contributed by atoms with van der Waals surface area (Å²) in [7, 11) is -4.33. The van der Waals surface area contributed by atoms with Crippen LogP contribution in [0.4, 0.5) is 5.69 Å². The lowest BCUT2D eigenvalue weighted by atomic mass is 10.1. The number of carbonyl (C=O) groups is 1. The Hall–Kier alpha value is -1.71. The smallest absolute Gasteiger partial charge is 0.322 e. The van der Waals surface area contributed by atoms with Crippen LogP contribution in [0, 0.1) is 23.0 Å². The number of hydrogen-bond donors (Lipinski definition) is 2. The van der Waals surface area contributed by atoms with Crippen LogP contribution in [0.15, 0.2) is 17.0 Å². The molecule has 0 aromatic heterocycles. The molecule has 0 aliphatic heterocycles. The number of carboxylic acids is 1. The molecule has 0 saturated carbocycles. The van der Waals surface area contributed by atoms with Crippen LogP contribution in [0.3, 0.4) is 0 Å². The Morgan fingerprint density at radius 1 is 1.41 bits per heavy atom. The third-order valence-electron chi connectivity index (χ3n) is 2.87. The summed E-state index contributed by atoms with van der Waals surface area (Å²) < 4.78 is 26.6. The molecule has 1 atom stereocenters. The number of rotatable bonds is 6. The Morgan fingerprint density at radius 2 is 1.95 bits per heavy atom. The summed E-state index contributed by atoms with van der Waals surface area (Å²) in [5, 5.41) is 19.4. The minimum Gasteiger partial charge on any atom is -0.480 e. The molecular weight excluding hydrogens is 336 g/mol. The predicted octanol–water partition coefficient (Wildman–Crippen LogP) is 1.94. The highest BCUT2D eigenvalue weighted by Gasteiger charge is 2.31. The largest absolute Gasteiger partial charge is 0.480 e. The van der Waals surface area contributed by atoms with E-state index in [1.807, 2.05) is 4.72 Å². The standard InChI is InChI=1S/C12H15ClN2O6S/c1-6(2)11(12(16)17)14-22(20,21)9-5-7(3)4-8(10(9)13)15(18)19/h4-6,11,14H,1-3H3,(H,16,17). The number of halogens is 1. The summed E-state index contributed by atoms with van der Waals surface area (Å²) in [6.07, 6.45) is 0. The van der Waals surface area contributed by atoms with Crippen LogP contribution in [0.2, 0.25) is 5.02 Å². The van der Waals surface area contributed by atoms with Crippen molar-refractivity contribution in [1.82, 2.24) is 4.72 Å². The van der Waals surface area contributed by atoms with Crippen LogP contribution in [0.25, 0.3) is 0 Å². The molecule has 2 N–H and O–H groups in total. The van der Waals surface area contributed by atoms with Gasteiger partial charge in [-0.25, -0.2) is 8.42 Å². The van der Waals surface area contributed by atoms with E-state index in [0.717, 1.165) is 12.1 Å². The van der Waals surface area contributed by atoms with Gasteiger partial charge in [0.25, 0.3) is 5.69 Å². The molecule has 1 aromatic rings. The number of sulfonamides is 1. The minimum absolute atomic E-state index is 0.313. The maximum absolute atomic E-state index is 12.3. The van der Waals surface area contributed by atoms with Gasteiger partial charge in [0.05, 0.1) is 4.92 Å². The first kappa shape index (κ1) is 18.3. The van der Waals surface area contributed by atoms with Crippen LogP contribution < -0.4 is 4.72 Å². The molecule has 0 radical (unpaired) electrons. The molecule has 1 aromatic carbocycles. The van der Waals surface area contributed by atoms with E-state index in [-0.39, 0.29) is 0 Å². The Labute approximate surface area is 132 Å². The number of hydrogen-bond acceptors (Lipinski definition) is 5. The summed E-state index contributed by atoms with van der Waals surface area (Å²) in [4.78, 5) is 20.7. The van der Waals surface area contributed by atoms with Crippen molar-refractivity contribution in [3.05, 3.63) is 32.8 Å². The zero-order valence-corrected chi connectivity index (χ0v) is 13.6. The molecule has 0 amide bonds. The van der Waals surface area contributed by atoms with Crippen LogP contribution in [-0.2, 0) is 14.8 Å². The van der Waals surface area contributed by atoms with Crippen LogP contribution in [-0.4, -0.2) is 30.5 Å². The number of carboxylic acid groups (broad SMARTS) is 1. The Kier molecular flexibility index (Phi) is 5.49. The van der Waals surface area contributed by atoms with Crippen LogP contribution in [0.1, 0.15) is 19.4 Å². The number of nitro groups is 1. The summed E-state index contributed by atoms with van der Waals surface area (Å²) in [5.41, 5.74) is -0.244. The molecule has 0 aliphatic carbocycles. The third kappa shape index (κ3) is 3.93. The fourth-order valence-corrected chi connectivity index (χ4v) is 3.75. The zero-order valence-electron chi connectivity index (χ0n) is 12.0. The van der Waals surface area contributed by atoms with Gasteiger partial charge in [-0.2, -0.15) is 4.72 Å². The molecule has 0 bridgehead atoms. The fourth-order valence-electron chi connectivity index (χ4n) is 1.75. The second-order valence-corrected chi connectivity index (χ2v) is 7.09. The molecule has 0 fully saturated rings. The maximum Gasteiger partial charge on any atom is 0.322 e. The first-order valence-electron chi connectivity index (χ1n) is 6.17. The molecule has 0 saturated heterocycles. The minimum atomic E-state index is -4.33. The average molecular weight is 351 g/mol. The van der Waals surface area contributed by atoms with E-state index < -0.39 is 48.5 Å². The highest BCUT2D eigenvalue weighted by atomic mass is 35.5. The summed E-state index contributed by atoms with van der Waals surface area (Å²) in [6.45, 7) is 4.53. The van der Waals surface area contributed by atoms with Gasteiger partial charge in [-0.3, -0.25) is 14.9 Å². The number of aryl methyl sites for hydroxylation is 1. The van der Waals surface area contributed by atoms with Gasteiger partial charge >= 0.3 is 5.97 Å². The molecular formula is C12H15ClN2O6S. The number of nitrogens with one attached hydrogen (secondary N) is 1. The second-order valence-electron chi connectivity index (χ2n) is 5.03. The van der Waals surface area contributed by atoms with Gasteiger partial charge in [0.2, 0.25) is 10.0 Å². The van der Waals surface area contributed by atoms with Gasteiger partial charge in [0, 0.05) is 6.07 Å². The van der Waals surface area contributed by atoms with Gasteiger partial charge in [-0.05, 0) is 24.5 Å². The second kappa shape index (κ2) is 6.59. The lowest BCUT2D eigenvalue weighted by Crippen LogP contribution is -2.44. The van der Waals surface area contributed by atoms with Gasteiger partial charge in [0.15, 0.2) is 0 Å². The first-order chi connectivity index (χ1) is 9.97. The highest BCUT2D eigenvalue weighted by molar-refractivity contribution is 7.89. The fraction of sp³-hybridized carbons (Fsp3) is 0.417. The van der Waals surface area contributed by atoms with E-state index in [1.165, 1.54) is 20.8 Å². The topological polar surface area (TPSA) is 127 Å². The van der Waals surface area contributed by atoms with Crippen molar-refractivity contribution in [2.45, 2.75) is 31.7 Å². The summed E-state index contributed by atoms with van der Waals surface area (Å²) in [6, 6.07) is 0.913. The molecule has 10 heteroatoms. The number of aliphatic carboxylic acids is 1. The van der Waals surface area contributed by atoms with E-state index in [9.17, 15) is 23.3 Å². The monoisotopic (exact) mass is 350 g/mol. The van der Waals surface area contributed by atoms with Crippen molar-refractivity contribution in [2.75, 3.05) is 0 Å². The molecule has 1 unspecified atom stereocenters. The predicted molar refractivity (Wildman–Crippen MR) is 79.4 cm³/mol. The van der Waals surface area contributed by atoms with E-state index in [0.29, 0.717) is 5.56 Å². The quantitative estimate of drug-likeness (QED) is 0.596. The van der Waals surface area contributed by atoms with Gasteiger partial charge in [-0.15, -0.1) is 0 Å². The number of nitrogens with zero attached hydrogens (tertiary/aromatic N) is 1. The maximum atomic E-state index is 12.3. The van der Waals surface area contributed by atoms with E-state index in [1.54, 1.807) is 0 Å². The van der Waals surface area contributed by atoms with Crippen molar-refractivity contribution in [1.29, 1.82) is 0 Å². The summed E-state index contributed by atoms with van der Waals surface area (Å²) in [5.74, 6) is -1.87. The molecule has 22 heavy (non-hydrogen) atoms. The Bertz CT molecular complexity index is 717. The Balaban J connectivity index is 3.41. The number of nitro benzene ring substituents is 1. The van der Waals surface area contributed by atoms with Crippen molar-refractivity contribution in [3.8, 4) is 0 Å². The molecule has 122 valence electrons. The lowest BCUT2D eigenvalue weighted by Gasteiger charge is -2.18. The molecule has 0 spiro atoms. The van der Waals surface area contributed by atoms with Gasteiger partial charge in [0.1, 0.15) is 16.0 Å². The Morgan fingerprint density at radius 3 is 2.36 bits per heavy atom. The van der Waals surface area contributed by atoms with Crippen molar-refractivity contribution < 1.29 is 23.2 Å². The number of benzene rings is 1. The van der Waals surface area contributed by atoms with Crippen LogP contribution >= 0.6 is 11.6 Å². The van der Waals surface area contributed by atoms with E-state index >= 15 is 0 Å². The van der Waals surface area contributed by atoms with Crippen molar-refractivity contribution in [3.63, 3.8) is 0 Å².